The topological polar surface area (TPSA) is 79.5 Å². The highest BCUT2D eigenvalue weighted by Crippen LogP contribution is 2.34. The van der Waals surface area contributed by atoms with Crippen LogP contribution in [0, 0.1) is 0 Å². The van der Waals surface area contributed by atoms with Crippen molar-refractivity contribution in [2.24, 2.45) is 0 Å². The van der Waals surface area contributed by atoms with Gasteiger partial charge in [-0.2, -0.15) is 0 Å². The van der Waals surface area contributed by atoms with Gasteiger partial charge < -0.3 is 10.2 Å². The van der Waals surface area contributed by atoms with E-state index in [9.17, 15) is 19.8 Å². The van der Waals surface area contributed by atoms with Gasteiger partial charge in [0.05, 0.1) is 0 Å². The molecule has 5 nitrogen and oxygen atoms in total. The number of hydrogen-bond acceptors (Lipinski definition) is 4. The number of thiocarbonyl (C=S) groups is 1. The van der Waals surface area contributed by atoms with Gasteiger partial charge in [-0.15, -0.1) is 0 Å². The number of fused-ring (bicyclic) bond motifs is 2. The SMILES string of the molecule is O=C(O)[C@H]1CC(=S)c2c(O)c(Cc3cccc4ccccc34)cc(=O)n21. The zero-order chi connectivity index (χ0) is 18.4. The van der Waals surface area contributed by atoms with Crippen molar-refractivity contribution in [3.63, 3.8) is 0 Å². The van der Waals surface area contributed by atoms with Gasteiger partial charge in [0.1, 0.15) is 17.5 Å². The third-order valence-corrected chi connectivity index (χ3v) is 5.16. The Labute approximate surface area is 154 Å². The lowest BCUT2D eigenvalue weighted by atomic mass is 9.98. The Morgan fingerprint density at radius 2 is 1.88 bits per heavy atom. The van der Waals surface area contributed by atoms with E-state index in [0.29, 0.717) is 16.8 Å². The number of aliphatic carboxylic acids is 1. The number of benzene rings is 2. The molecule has 0 saturated heterocycles. The second-order valence-corrected chi connectivity index (χ2v) is 6.86. The van der Waals surface area contributed by atoms with E-state index in [4.69, 9.17) is 12.2 Å². The highest BCUT2D eigenvalue weighted by molar-refractivity contribution is 7.80. The number of carbonyl (C=O) groups is 1. The second-order valence-electron chi connectivity index (χ2n) is 6.37. The summed E-state index contributed by atoms with van der Waals surface area (Å²) >= 11 is 5.24. The molecule has 0 saturated carbocycles. The molecule has 1 atom stereocenters. The quantitative estimate of drug-likeness (QED) is 0.698. The molecule has 4 rings (SSSR count). The van der Waals surface area contributed by atoms with Crippen LogP contribution in [0.4, 0.5) is 0 Å². The van der Waals surface area contributed by atoms with E-state index in [2.05, 4.69) is 0 Å². The van der Waals surface area contributed by atoms with Gasteiger partial charge in [-0.05, 0) is 16.3 Å². The van der Waals surface area contributed by atoms with Crippen LogP contribution in [0.2, 0.25) is 0 Å². The minimum Gasteiger partial charge on any atom is -0.505 e. The number of rotatable bonds is 3. The molecule has 0 spiro atoms. The molecule has 1 aliphatic heterocycles. The smallest absolute Gasteiger partial charge is 0.327 e. The van der Waals surface area contributed by atoms with Crippen LogP contribution >= 0.6 is 12.2 Å². The standard InChI is InChI=1S/C20H15NO4S/c22-17-9-13(8-12-6-3-5-11-4-1-2-7-14(11)12)19(23)18-16(26)10-15(20(24)25)21(17)18/h1-7,9,15,23H,8,10H2,(H,24,25)/t15-/m1/s1. The van der Waals surface area contributed by atoms with E-state index in [1.54, 1.807) is 0 Å². The molecular formula is C20H15NO4S. The Balaban J connectivity index is 1.86. The number of pyridine rings is 1. The highest BCUT2D eigenvalue weighted by Gasteiger charge is 2.35. The summed E-state index contributed by atoms with van der Waals surface area (Å²) in [6.45, 7) is 0. The molecule has 0 amide bonds. The van der Waals surface area contributed by atoms with Gasteiger partial charge in [0, 0.05) is 29.3 Å². The van der Waals surface area contributed by atoms with Crippen LogP contribution in [0.15, 0.2) is 53.3 Å². The Morgan fingerprint density at radius 1 is 1.15 bits per heavy atom. The maximum atomic E-state index is 12.5. The van der Waals surface area contributed by atoms with Gasteiger partial charge in [0.15, 0.2) is 0 Å². The van der Waals surface area contributed by atoms with E-state index in [1.165, 1.54) is 6.07 Å². The fourth-order valence-electron chi connectivity index (χ4n) is 3.59. The van der Waals surface area contributed by atoms with E-state index in [1.807, 2.05) is 42.5 Å². The van der Waals surface area contributed by atoms with E-state index >= 15 is 0 Å². The molecule has 0 fully saturated rings. The lowest BCUT2D eigenvalue weighted by molar-refractivity contribution is -0.140. The average Bonchev–Trinajstić information content (AvgIpc) is 2.98. The van der Waals surface area contributed by atoms with E-state index in [-0.39, 0.29) is 17.9 Å². The Morgan fingerprint density at radius 3 is 2.65 bits per heavy atom. The minimum atomic E-state index is -1.13. The molecule has 0 bridgehead atoms. The first-order valence-corrected chi connectivity index (χ1v) is 8.58. The number of carboxylic acid groups (broad SMARTS) is 1. The Hall–Kier alpha value is -2.99. The molecule has 26 heavy (non-hydrogen) atoms. The monoisotopic (exact) mass is 365 g/mol. The lowest BCUT2D eigenvalue weighted by Gasteiger charge is -2.14. The van der Waals surface area contributed by atoms with Crippen LogP contribution in [0.25, 0.3) is 10.8 Å². The summed E-state index contributed by atoms with van der Waals surface area (Å²) in [6, 6.07) is 14.0. The zero-order valence-electron chi connectivity index (χ0n) is 13.7. The van der Waals surface area contributed by atoms with Crippen LogP contribution in [-0.2, 0) is 11.2 Å². The van der Waals surface area contributed by atoms with Gasteiger partial charge in [0.2, 0.25) is 0 Å². The lowest BCUT2D eigenvalue weighted by Crippen LogP contribution is -2.27. The number of nitrogens with zero attached hydrogens (tertiary/aromatic N) is 1. The van der Waals surface area contributed by atoms with Crippen LogP contribution in [-0.4, -0.2) is 25.6 Å². The van der Waals surface area contributed by atoms with Gasteiger partial charge in [0.25, 0.3) is 5.56 Å². The first kappa shape index (κ1) is 16.5. The highest BCUT2D eigenvalue weighted by atomic mass is 32.1. The van der Waals surface area contributed by atoms with Gasteiger partial charge >= 0.3 is 5.97 Å². The number of carboxylic acids is 1. The van der Waals surface area contributed by atoms with E-state index < -0.39 is 17.6 Å². The molecule has 6 heteroatoms. The van der Waals surface area contributed by atoms with Crippen molar-refractivity contribution in [2.45, 2.75) is 18.9 Å². The van der Waals surface area contributed by atoms with Crippen LogP contribution in [0.3, 0.4) is 0 Å². The summed E-state index contributed by atoms with van der Waals surface area (Å²) in [5.74, 6) is -1.24. The number of aromatic hydroxyl groups is 1. The fourth-order valence-corrected chi connectivity index (χ4v) is 3.94. The predicted octanol–water partition coefficient (Wildman–Crippen LogP) is 3.05. The predicted molar refractivity (Wildman–Crippen MR) is 102 cm³/mol. The molecule has 1 aliphatic rings. The fraction of sp³-hybridized carbons (Fsp3) is 0.150. The van der Waals surface area contributed by atoms with Crippen molar-refractivity contribution in [3.05, 3.63) is 75.7 Å². The second kappa shape index (κ2) is 6.07. The zero-order valence-corrected chi connectivity index (χ0v) is 14.5. The molecule has 0 aliphatic carbocycles. The maximum absolute atomic E-state index is 12.5. The molecule has 2 heterocycles. The van der Waals surface area contributed by atoms with Crippen molar-refractivity contribution in [2.75, 3.05) is 0 Å². The first-order valence-electron chi connectivity index (χ1n) is 8.17. The van der Waals surface area contributed by atoms with Gasteiger partial charge in [-0.1, -0.05) is 54.7 Å². The summed E-state index contributed by atoms with van der Waals surface area (Å²) in [7, 11) is 0. The van der Waals surface area contributed by atoms with Gasteiger partial charge in [-0.3, -0.25) is 9.36 Å². The summed E-state index contributed by atoms with van der Waals surface area (Å²) in [4.78, 5) is 24.2. The van der Waals surface area contributed by atoms with Crippen molar-refractivity contribution < 1.29 is 15.0 Å². The Kier molecular flexibility index (Phi) is 3.85. The largest absolute Gasteiger partial charge is 0.505 e. The summed E-state index contributed by atoms with van der Waals surface area (Å²) in [5, 5.41) is 22.1. The molecule has 130 valence electrons. The van der Waals surface area contributed by atoms with Crippen LogP contribution in [0.1, 0.15) is 29.3 Å². The normalized spacial score (nSPS) is 16.0. The maximum Gasteiger partial charge on any atom is 0.327 e. The van der Waals surface area contributed by atoms with Crippen LogP contribution < -0.4 is 5.56 Å². The van der Waals surface area contributed by atoms with Crippen molar-refractivity contribution >= 4 is 33.8 Å². The summed E-state index contributed by atoms with van der Waals surface area (Å²) in [5.41, 5.74) is 1.13. The van der Waals surface area contributed by atoms with Crippen molar-refractivity contribution in [3.8, 4) is 5.75 Å². The third-order valence-electron chi connectivity index (χ3n) is 4.80. The first-order chi connectivity index (χ1) is 12.5. The average molecular weight is 365 g/mol. The van der Waals surface area contributed by atoms with Crippen molar-refractivity contribution in [1.82, 2.24) is 4.57 Å². The minimum absolute atomic E-state index is 0.0468. The van der Waals surface area contributed by atoms with E-state index in [0.717, 1.165) is 20.9 Å². The summed E-state index contributed by atoms with van der Waals surface area (Å²) < 4.78 is 1.09. The third kappa shape index (κ3) is 2.50. The number of aromatic nitrogens is 1. The molecular weight excluding hydrogens is 350 g/mol. The molecule has 0 unspecified atom stereocenters. The number of hydrogen-bond donors (Lipinski definition) is 2. The Bertz CT molecular complexity index is 1130. The van der Waals surface area contributed by atoms with Crippen LogP contribution in [0.5, 0.6) is 5.75 Å². The van der Waals surface area contributed by atoms with Crippen molar-refractivity contribution in [1.29, 1.82) is 0 Å². The molecule has 1 aromatic heterocycles. The summed E-state index contributed by atoms with van der Waals surface area (Å²) in [6.07, 6.45) is 0.405. The van der Waals surface area contributed by atoms with Gasteiger partial charge in [-0.25, -0.2) is 4.79 Å². The molecule has 3 aromatic rings. The molecule has 0 radical (unpaired) electrons. The molecule has 2 aromatic carbocycles. The molecule has 2 N–H and O–H groups in total.